The Morgan fingerprint density at radius 2 is 2.05 bits per heavy atom. The van der Waals surface area contributed by atoms with Gasteiger partial charge in [0.15, 0.2) is 0 Å². The molecule has 2 atom stereocenters. The van der Waals surface area contributed by atoms with E-state index in [0.29, 0.717) is 13.1 Å². The number of carbonyl (C=O) groups is 2. The zero-order chi connectivity index (χ0) is 15.1. The molecule has 0 aromatic heterocycles. The fourth-order valence-electron chi connectivity index (χ4n) is 2.67. The van der Waals surface area contributed by atoms with E-state index in [1.54, 1.807) is 23.9 Å². The van der Waals surface area contributed by atoms with Gasteiger partial charge < -0.3 is 15.1 Å². The lowest BCUT2D eigenvalue weighted by Crippen LogP contribution is -2.60. The fraction of sp³-hybridized carbons (Fsp3) is 0.867. The molecule has 0 aliphatic carbocycles. The third-order valence-corrected chi connectivity index (χ3v) is 4.00. The van der Waals surface area contributed by atoms with Crippen LogP contribution in [0.4, 0.5) is 0 Å². The number of rotatable bonds is 6. The van der Waals surface area contributed by atoms with Gasteiger partial charge in [-0.25, -0.2) is 0 Å². The molecule has 1 saturated heterocycles. The van der Waals surface area contributed by atoms with Crippen molar-refractivity contribution in [2.24, 2.45) is 5.92 Å². The SMILES string of the molecule is CCCCC(CC)C(=O)N1CCNCC1C(=O)N(C)C. The summed E-state index contributed by atoms with van der Waals surface area (Å²) in [4.78, 5) is 28.3. The number of amides is 2. The largest absolute Gasteiger partial charge is 0.347 e. The summed E-state index contributed by atoms with van der Waals surface area (Å²) in [5.74, 6) is 0.226. The molecule has 5 nitrogen and oxygen atoms in total. The maximum Gasteiger partial charge on any atom is 0.246 e. The second-order valence-corrected chi connectivity index (χ2v) is 5.73. The molecule has 0 aromatic rings. The maximum atomic E-state index is 12.7. The summed E-state index contributed by atoms with van der Waals surface area (Å²) in [5, 5.41) is 3.21. The Balaban J connectivity index is 2.77. The zero-order valence-electron chi connectivity index (χ0n) is 13.3. The van der Waals surface area contributed by atoms with Crippen molar-refractivity contribution in [3.63, 3.8) is 0 Å². The van der Waals surface area contributed by atoms with Gasteiger partial charge in [-0.2, -0.15) is 0 Å². The molecule has 1 N–H and O–H groups in total. The topological polar surface area (TPSA) is 52.7 Å². The molecule has 0 spiro atoms. The number of hydrogen-bond acceptors (Lipinski definition) is 3. The van der Waals surface area contributed by atoms with Crippen molar-refractivity contribution < 1.29 is 9.59 Å². The van der Waals surface area contributed by atoms with Crippen LogP contribution in [0.3, 0.4) is 0 Å². The van der Waals surface area contributed by atoms with Crippen LogP contribution in [-0.4, -0.2) is 61.4 Å². The van der Waals surface area contributed by atoms with Gasteiger partial charge in [-0.1, -0.05) is 26.7 Å². The Bertz CT molecular complexity index is 331. The van der Waals surface area contributed by atoms with Crippen molar-refractivity contribution in [2.45, 2.75) is 45.6 Å². The first-order valence-corrected chi connectivity index (χ1v) is 7.75. The first kappa shape index (κ1) is 17.0. The highest BCUT2D eigenvalue weighted by Crippen LogP contribution is 2.19. The van der Waals surface area contributed by atoms with Gasteiger partial charge in [-0.15, -0.1) is 0 Å². The van der Waals surface area contributed by atoms with Crippen LogP contribution in [0.5, 0.6) is 0 Å². The lowest BCUT2D eigenvalue weighted by molar-refractivity contribution is -0.148. The van der Waals surface area contributed by atoms with Gasteiger partial charge in [0.2, 0.25) is 11.8 Å². The van der Waals surface area contributed by atoms with Crippen LogP contribution in [0.25, 0.3) is 0 Å². The number of hydrogen-bond donors (Lipinski definition) is 1. The second-order valence-electron chi connectivity index (χ2n) is 5.73. The first-order chi connectivity index (χ1) is 9.52. The standard InChI is InChI=1S/C15H29N3O2/c1-5-7-8-12(6-2)14(19)18-10-9-16-11-13(18)15(20)17(3)4/h12-13,16H,5-11H2,1-4H3. The number of unbranched alkanes of at least 4 members (excludes halogenated alkanes) is 1. The van der Waals surface area contributed by atoms with E-state index < -0.39 is 0 Å². The number of nitrogens with one attached hydrogen (secondary N) is 1. The molecule has 0 saturated carbocycles. The number of likely N-dealkylation sites (N-methyl/N-ethyl adjacent to an activating group) is 1. The van der Waals surface area contributed by atoms with Crippen LogP contribution in [-0.2, 0) is 9.59 Å². The molecule has 1 heterocycles. The Kier molecular flexibility index (Phi) is 6.99. The van der Waals surface area contributed by atoms with E-state index in [-0.39, 0.29) is 23.8 Å². The van der Waals surface area contributed by atoms with E-state index in [1.807, 2.05) is 0 Å². The van der Waals surface area contributed by atoms with Crippen molar-refractivity contribution >= 4 is 11.8 Å². The molecule has 116 valence electrons. The quantitative estimate of drug-likeness (QED) is 0.794. The molecule has 20 heavy (non-hydrogen) atoms. The third-order valence-electron chi connectivity index (χ3n) is 4.00. The number of nitrogens with zero attached hydrogens (tertiary/aromatic N) is 2. The van der Waals surface area contributed by atoms with Crippen LogP contribution in [0, 0.1) is 5.92 Å². The monoisotopic (exact) mass is 283 g/mol. The van der Waals surface area contributed by atoms with Gasteiger partial charge in [-0.3, -0.25) is 9.59 Å². The van der Waals surface area contributed by atoms with E-state index in [2.05, 4.69) is 19.2 Å². The number of piperazine rings is 1. The Morgan fingerprint density at radius 3 is 2.60 bits per heavy atom. The predicted molar refractivity (Wildman–Crippen MR) is 80.4 cm³/mol. The van der Waals surface area contributed by atoms with Crippen LogP contribution in [0.15, 0.2) is 0 Å². The molecular formula is C15H29N3O2. The van der Waals surface area contributed by atoms with Crippen molar-refractivity contribution in [2.75, 3.05) is 33.7 Å². The van der Waals surface area contributed by atoms with Crippen molar-refractivity contribution in [3.05, 3.63) is 0 Å². The average Bonchev–Trinajstić information content (AvgIpc) is 2.46. The van der Waals surface area contributed by atoms with Crippen molar-refractivity contribution in [1.82, 2.24) is 15.1 Å². The Morgan fingerprint density at radius 1 is 1.35 bits per heavy atom. The normalized spacial score (nSPS) is 20.6. The van der Waals surface area contributed by atoms with E-state index in [0.717, 1.165) is 32.2 Å². The summed E-state index contributed by atoms with van der Waals surface area (Å²) in [6, 6.07) is -0.345. The Hall–Kier alpha value is -1.10. The minimum absolute atomic E-state index is 0.0101. The summed E-state index contributed by atoms with van der Waals surface area (Å²) < 4.78 is 0. The van der Waals surface area contributed by atoms with Gasteiger partial charge in [0.05, 0.1) is 0 Å². The van der Waals surface area contributed by atoms with E-state index in [1.165, 1.54) is 0 Å². The van der Waals surface area contributed by atoms with Crippen LogP contribution in [0.1, 0.15) is 39.5 Å². The van der Waals surface area contributed by atoms with E-state index in [9.17, 15) is 9.59 Å². The molecule has 1 aliphatic heterocycles. The molecule has 5 heteroatoms. The zero-order valence-corrected chi connectivity index (χ0v) is 13.3. The van der Waals surface area contributed by atoms with Gasteiger partial charge in [-0.05, 0) is 12.8 Å². The third kappa shape index (κ3) is 4.20. The molecule has 1 rings (SSSR count). The number of carbonyl (C=O) groups excluding carboxylic acids is 2. The van der Waals surface area contributed by atoms with Gasteiger partial charge in [0, 0.05) is 39.6 Å². The van der Waals surface area contributed by atoms with Crippen LogP contribution < -0.4 is 5.32 Å². The minimum atomic E-state index is -0.345. The van der Waals surface area contributed by atoms with Crippen LogP contribution >= 0.6 is 0 Å². The maximum absolute atomic E-state index is 12.7. The van der Waals surface area contributed by atoms with Gasteiger partial charge in [0.25, 0.3) is 0 Å². The van der Waals surface area contributed by atoms with Gasteiger partial charge >= 0.3 is 0 Å². The lowest BCUT2D eigenvalue weighted by atomic mass is 9.96. The van der Waals surface area contributed by atoms with Gasteiger partial charge in [0.1, 0.15) is 6.04 Å². The fourth-order valence-corrected chi connectivity index (χ4v) is 2.67. The molecule has 0 bridgehead atoms. The molecule has 2 amide bonds. The van der Waals surface area contributed by atoms with Crippen LogP contribution in [0.2, 0.25) is 0 Å². The molecular weight excluding hydrogens is 254 g/mol. The molecule has 2 unspecified atom stereocenters. The highest BCUT2D eigenvalue weighted by molar-refractivity contribution is 5.88. The average molecular weight is 283 g/mol. The predicted octanol–water partition coefficient (Wildman–Crippen LogP) is 1.09. The molecule has 1 aliphatic rings. The summed E-state index contributed by atoms with van der Waals surface area (Å²) in [6.45, 7) is 6.16. The summed E-state index contributed by atoms with van der Waals surface area (Å²) in [7, 11) is 3.49. The Labute approximate surface area is 122 Å². The lowest BCUT2D eigenvalue weighted by Gasteiger charge is -2.38. The van der Waals surface area contributed by atoms with Crippen molar-refractivity contribution in [3.8, 4) is 0 Å². The molecule has 0 radical (unpaired) electrons. The van der Waals surface area contributed by atoms with E-state index in [4.69, 9.17) is 0 Å². The highest BCUT2D eigenvalue weighted by Gasteiger charge is 2.35. The van der Waals surface area contributed by atoms with Crippen molar-refractivity contribution in [1.29, 1.82) is 0 Å². The molecule has 1 fully saturated rings. The van der Waals surface area contributed by atoms with E-state index >= 15 is 0 Å². The smallest absolute Gasteiger partial charge is 0.246 e. The summed E-state index contributed by atoms with van der Waals surface area (Å²) in [6.07, 6.45) is 3.96. The first-order valence-electron chi connectivity index (χ1n) is 7.75. The highest BCUT2D eigenvalue weighted by atomic mass is 16.2. The summed E-state index contributed by atoms with van der Waals surface area (Å²) in [5.41, 5.74) is 0. The molecule has 0 aromatic carbocycles. The minimum Gasteiger partial charge on any atom is -0.347 e. The second kappa shape index (κ2) is 8.25. The summed E-state index contributed by atoms with van der Waals surface area (Å²) >= 11 is 0.